The summed E-state index contributed by atoms with van der Waals surface area (Å²) in [6.07, 6.45) is 1.40. The maximum Gasteiger partial charge on any atom is 0.201 e. The summed E-state index contributed by atoms with van der Waals surface area (Å²) in [5.41, 5.74) is 0. The van der Waals surface area contributed by atoms with Crippen LogP contribution in [-0.2, 0) is 4.79 Å². The van der Waals surface area contributed by atoms with Gasteiger partial charge in [0.15, 0.2) is 0 Å². The van der Waals surface area contributed by atoms with Gasteiger partial charge < -0.3 is 0 Å². The molecule has 0 fully saturated rings. The van der Waals surface area contributed by atoms with Crippen molar-refractivity contribution < 1.29 is 4.79 Å². The number of carbonyl (C=O) groups is 1. The smallest absolute Gasteiger partial charge is 0.201 e. The predicted molar refractivity (Wildman–Crippen MR) is 64.3 cm³/mol. The molecule has 0 N–H and O–H groups in total. The van der Waals surface area contributed by atoms with Crippen LogP contribution >= 0.6 is 11.8 Å². The minimum Gasteiger partial charge on any atom is -0.286 e. The van der Waals surface area contributed by atoms with E-state index in [-0.39, 0.29) is 5.12 Å². The SMILES string of the molecule is CC#CC#CC#CC#CSC(=O)CCC. The zero-order chi connectivity index (χ0) is 11.4. The fraction of sp³-hybridized carbons (Fsp3) is 0.308. The molecule has 0 heterocycles. The Bertz CT molecular complexity index is 444. The zero-order valence-corrected chi connectivity index (χ0v) is 9.55. The summed E-state index contributed by atoms with van der Waals surface area (Å²) in [6.45, 7) is 3.66. The Morgan fingerprint density at radius 1 is 1.07 bits per heavy atom. The van der Waals surface area contributed by atoms with Gasteiger partial charge in [-0.05, 0) is 54.1 Å². The van der Waals surface area contributed by atoms with E-state index in [1.807, 2.05) is 6.92 Å². The van der Waals surface area contributed by atoms with Crippen LogP contribution in [0.15, 0.2) is 0 Å². The van der Waals surface area contributed by atoms with E-state index < -0.39 is 0 Å². The topological polar surface area (TPSA) is 17.1 Å². The molecule has 0 aromatic carbocycles. The van der Waals surface area contributed by atoms with Crippen molar-refractivity contribution in [1.82, 2.24) is 0 Å². The molecule has 0 aliphatic rings. The molecule has 0 rings (SSSR count). The van der Waals surface area contributed by atoms with Crippen LogP contribution in [0.2, 0.25) is 0 Å². The average Bonchev–Trinajstić information content (AvgIpc) is 2.22. The molecule has 1 nitrogen and oxygen atoms in total. The van der Waals surface area contributed by atoms with Gasteiger partial charge in [0.1, 0.15) is 0 Å². The molecular weight excluding hydrogens is 204 g/mol. The van der Waals surface area contributed by atoms with Crippen molar-refractivity contribution in [3.05, 3.63) is 0 Å². The third-order valence-electron chi connectivity index (χ3n) is 1.11. The minimum atomic E-state index is 0.0785. The summed E-state index contributed by atoms with van der Waals surface area (Å²) >= 11 is 0.991. The first-order chi connectivity index (χ1) is 7.31. The van der Waals surface area contributed by atoms with Gasteiger partial charge in [0.2, 0.25) is 5.12 Å². The molecule has 0 aliphatic carbocycles. The molecule has 74 valence electrons. The van der Waals surface area contributed by atoms with E-state index in [9.17, 15) is 4.79 Å². The van der Waals surface area contributed by atoms with Gasteiger partial charge >= 0.3 is 0 Å². The Kier molecular flexibility index (Phi) is 9.14. The summed E-state index contributed by atoms with van der Waals surface area (Å²) in [4.78, 5) is 11.0. The van der Waals surface area contributed by atoms with E-state index in [4.69, 9.17) is 0 Å². The number of carbonyl (C=O) groups excluding carboxylic acids is 1. The van der Waals surface area contributed by atoms with Crippen LogP contribution in [0.5, 0.6) is 0 Å². The lowest BCUT2D eigenvalue weighted by Crippen LogP contribution is -1.85. The van der Waals surface area contributed by atoms with Gasteiger partial charge in [0, 0.05) is 18.2 Å². The minimum absolute atomic E-state index is 0.0785. The molecule has 0 aliphatic heterocycles. The molecule has 0 amide bonds. The van der Waals surface area contributed by atoms with E-state index in [0.717, 1.165) is 18.2 Å². The fourth-order valence-electron chi connectivity index (χ4n) is 0.551. The van der Waals surface area contributed by atoms with Crippen molar-refractivity contribution in [2.75, 3.05) is 0 Å². The summed E-state index contributed by atoms with van der Waals surface area (Å²) < 4.78 is 0. The quantitative estimate of drug-likeness (QED) is 0.654. The van der Waals surface area contributed by atoms with Crippen LogP contribution in [0.1, 0.15) is 26.7 Å². The van der Waals surface area contributed by atoms with Crippen LogP contribution in [0.25, 0.3) is 0 Å². The van der Waals surface area contributed by atoms with Crippen LogP contribution in [0, 0.1) is 46.7 Å². The van der Waals surface area contributed by atoms with Crippen molar-refractivity contribution in [1.29, 1.82) is 0 Å². The van der Waals surface area contributed by atoms with Crippen molar-refractivity contribution in [2.45, 2.75) is 26.7 Å². The van der Waals surface area contributed by atoms with Gasteiger partial charge in [-0.15, -0.1) is 0 Å². The lowest BCUT2D eigenvalue weighted by molar-refractivity contribution is -0.110. The molecule has 0 aromatic heterocycles. The highest BCUT2D eigenvalue weighted by Crippen LogP contribution is 2.03. The van der Waals surface area contributed by atoms with Crippen LogP contribution in [0.3, 0.4) is 0 Å². The summed E-state index contributed by atoms with van der Waals surface area (Å²) in [7, 11) is 0. The van der Waals surface area contributed by atoms with Gasteiger partial charge in [-0.25, -0.2) is 0 Å². The van der Waals surface area contributed by atoms with Gasteiger partial charge in [0.05, 0.1) is 0 Å². The van der Waals surface area contributed by atoms with Crippen molar-refractivity contribution in [3.63, 3.8) is 0 Å². The molecular formula is C13H10OS. The summed E-state index contributed by atoms with van der Waals surface area (Å²) in [6, 6.07) is 0. The predicted octanol–water partition coefficient (Wildman–Crippen LogP) is 2.04. The second-order valence-corrected chi connectivity index (χ2v) is 3.19. The molecule has 0 radical (unpaired) electrons. The van der Waals surface area contributed by atoms with E-state index in [0.29, 0.717) is 6.42 Å². The standard InChI is InChI=1S/C13H10OS/c1-3-5-6-7-8-9-10-12-15-13(14)11-4-2/h4,11H2,1-2H3. The molecule has 0 unspecified atom stereocenters. The maximum atomic E-state index is 11.0. The first kappa shape index (κ1) is 13.3. The second-order valence-electron chi connectivity index (χ2n) is 2.33. The molecule has 0 saturated carbocycles. The first-order valence-corrected chi connectivity index (χ1v) is 5.24. The van der Waals surface area contributed by atoms with Crippen molar-refractivity contribution in [2.24, 2.45) is 0 Å². The molecule has 0 saturated heterocycles. The Morgan fingerprint density at radius 3 is 2.27 bits per heavy atom. The van der Waals surface area contributed by atoms with E-state index in [2.05, 4.69) is 46.7 Å². The molecule has 0 aromatic rings. The first-order valence-electron chi connectivity index (χ1n) is 4.42. The highest BCUT2D eigenvalue weighted by molar-refractivity contribution is 8.17. The normalized spacial score (nSPS) is 6.27. The molecule has 0 atom stereocenters. The van der Waals surface area contributed by atoms with E-state index >= 15 is 0 Å². The van der Waals surface area contributed by atoms with Crippen LogP contribution < -0.4 is 0 Å². The highest BCUT2D eigenvalue weighted by Gasteiger charge is 1.95. The number of rotatable bonds is 2. The largest absolute Gasteiger partial charge is 0.286 e. The second kappa shape index (κ2) is 10.3. The van der Waals surface area contributed by atoms with Gasteiger partial charge in [-0.2, -0.15) is 0 Å². The number of hydrogen-bond donors (Lipinski definition) is 0. The molecule has 0 spiro atoms. The average molecular weight is 214 g/mol. The summed E-state index contributed by atoms with van der Waals surface area (Å²) in [5, 5.41) is 2.68. The third-order valence-corrected chi connectivity index (χ3v) is 1.74. The third kappa shape index (κ3) is 10.2. The van der Waals surface area contributed by atoms with Crippen LogP contribution in [-0.4, -0.2) is 5.12 Å². The van der Waals surface area contributed by atoms with E-state index in [1.54, 1.807) is 6.92 Å². The van der Waals surface area contributed by atoms with Gasteiger partial charge in [-0.1, -0.05) is 12.8 Å². The molecule has 15 heavy (non-hydrogen) atoms. The Labute approximate surface area is 95.4 Å². The maximum absolute atomic E-state index is 11.0. The highest BCUT2D eigenvalue weighted by atomic mass is 32.2. The Hall–Kier alpha value is -1.74. The molecule has 0 bridgehead atoms. The zero-order valence-electron chi connectivity index (χ0n) is 8.73. The fourth-order valence-corrected chi connectivity index (χ4v) is 1.07. The lowest BCUT2D eigenvalue weighted by atomic mass is 10.4. The van der Waals surface area contributed by atoms with Crippen molar-refractivity contribution >= 4 is 16.9 Å². The van der Waals surface area contributed by atoms with Crippen molar-refractivity contribution in [3.8, 4) is 46.7 Å². The lowest BCUT2D eigenvalue weighted by Gasteiger charge is -1.86. The Balaban J connectivity index is 3.94. The number of hydrogen-bond acceptors (Lipinski definition) is 2. The number of thioether (sulfide) groups is 1. The van der Waals surface area contributed by atoms with Gasteiger partial charge in [-0.3, -0.25) is 4.79 Å². The van der Waals surface area contributed by atoms with Crippen LogP contribution in [0.4, 0.5) is 0 Å². The van der Waals surface area contributed by atoms with Gasteiger partial charge in [0.25, 0.3) is 0 Å². The molecule has 2 heteroatoms. The monoisotopic (exact) mass is 214 g/mol. The summed E-state index contributed by atoms with van der Waals surface area (Å²) in [5.74, 6) is 17.8. The van der Waals surface area contributed by atoms with E-state index in [1.165, 1.54) is 0 Å². The Morgan fingerprint density at radius 2 is 1.67 bits per heavy atom.